The molecule has 4 rings (SSSR count). The smallest absolute Gasteiger partial charge is 0.266 e. The van der Waals surface area contributed by atoms with Gasteiger partial charge in [-0.1, -0.05) is 29.1 Å². The predicted molar refractivity (Wildman–Crippen MR) is 114 cm³/mol. The number of para-hydroxylation sites is 1. The number of fused-ring (bicyclic) bond motifs is 1. The Hall–Kier alpha value is -3.06. The number of nitrogens with zero attached hydrogens (tertiary/aromatic N) is 3. The van der Waals surface area contributed by atoms with E-state index in [2.05, 4.69) is 5.16 Å². The van der Waals surface area contributed by atoms with Crippen LogP contribution in [0.4, 0.5) is 0 Å². The minimum absolute atomic E-state index is 0.0963. The van der Waals surface area contributed by atoms with Crippen LogP contribution in [-0.4, -0.2) is 21.3 Å². The van der Waals surface area contributed by atoms with Crippen LogP contribution in [0, 0.1) is 13.8 Å². The van der Waals surface area contributed by atoms with E-state index in [1.807, 2.05) is 63.2 Å². The first-order valence-electron chi connectivity index (χ1n) is 9.38. The molecule has 0 saturated heterocycles. The fourth-order valence-corrected chi connectivity index (χ4v) is 4.31. The van der Waals surface area contributed by atoms with Crippen molar-refractivity contribution >= 4 is 22.7 Å². The number of thioether (sulfide) groups is 1. The zero-order valence-electron chi connectivity index (χ0n) is 16.5. The Morgan fingerprint density at radius 2 is 1.86 bits per heavy atom. The predicted octanol–water partition coefficient (Wildman–Crippen LogP) is 4.68. The van der Waals surface area contributed by atoms with E-state index in [4.69, 9.17) is 14.2 Å². The number of ether oxygens (including phenoxy) is 1. The SMILES string of the molecule is CCOc1ccc(-n2c(SCc3c(C)noc3C)nc3ccccc3c2=O)cc1. The Bertz CT molecular complexity index is 1190. The molecule has 7 heteroatoms. The molecule has 0 aliphatic heterocycles. The van der Waals surface area contributed by atoms with Crippen LogP contribution in [0.25, 0.3) is 16.6 Å². The van der Waals surface area contributed by atoms with Gasteiger partial charge in [0.2, 0.25) is 0 Å². The van der Waals surface area contributed by atoms with Crippen molar-refractivity contribution < 1.29 is 9.26 Å². The van der Waals surface area contributed by atoms with Crippen molar-refractivity contribution in [1.82, 2.24) is 14.7 Å². The number of benzene rings is 2. The third-order valence-electron chi connectivity index (χ3n) is 4.68. The molecule has 29 heavy (non-hydrogen) atoms. The van der Waals surface area contributed by atoms with Crippen LogP contribution < -0.4 is 10.3 Å². The Morgan fingerprint density at radius 1 is 1.10 bits per heavy atom. The van der Waals surface area contributed by atoms with E-state index in [-0.39, 0.29) is 5.56 Å². The molecule has 4 aromatic rings. The largest absolute Gasteiger partial charge is 0.494 e. The topological polar surface area (TPSA) is 70.2 Å². The van der Waals surface area contributed by atoms with Crippen molar-refractivity contribution in [2.24, 2.45) is 0 Å². The van der Waals surface area contributed by atoms with Gasteiger partial charge in [0, 0.05) is 11.3 Å². The van der Waals surface area contributed by atoms with E-state index in [1.54, 1.807) is 10.6 Å². The normalized spacial score (nSPS) is 11.1. The lowest BCUT2D eigenvalue weighted by Gasteiger charge is -2.14. The third-order valence-corrected chi connectivity index (χ3v) is 5.64. The minimum atomic E-state index is -0.0963. The Morgan fingerprint density at radius 3 is 2.55 bits per heavy atom. The Balaban J connectivity index is 1.81. The molecule has 0 N–H and O–H groups in total. The highest BCUT2D eigenvalue weighted by atomic mass is 32.2. The standard InChI is InChI=1S/C22H21N3O3S/c1-4-27-17-11-9-16(10-12-17)25-21(26)18-7-5-6-8-20(18)23-22(25)29-13-19-14(2)24-28-15(19)3/h5-12H,4,13H2,1-3H3. The van der Waals surface area contributed by atoms with Crippen molar-refractivity contribution in [3.8, 4) is 11.4 Å². The molecule has 0 atom stereocenters. The van der Waals surface area contributed by atoms with Crippen LogP contribution in [0.1, 0.15) is 23.9 Å². The highest BCUT2D eigenvalue weighted by Gasteiger charge is 2.16. The van der Waals surface area contributed by atoms with Gasteiger partial charge in [0.25, 0.3) is 5.56 Å². The summed E-state index contributed by atoms with van der Waals surface area (Å²) in [5.74, 6) is 2.16. The molecule has 0 unspecified atom stereocenters. The molecule has 2 aromatic heterocycles. The number of aromatic nitrogens is 3. The zero-order chi connectivity index (χ0) is 20.4. The van der Waals surface area contributed by atoms with Crippen LogP contribution in [0.5, 0.6) is 5.75 Å². The van der Waals surface area contributed by atoms with Crippen molar-refractivity contribution in [3.05, 3.63) is 75.9 Å². The number of rotatable bonds is 6. The maximum atomic E-state index is 13.3. The van der Waals surface area contributed by atoms with Gasteiger partial charge in [-0.3, -0.25) is 9.36 Å². The third kappa shape index (κ3) is 3.78. The van der Waals surface area contributed by atoms with E-state index in [9.17, 15) is 4.79 Å². The van der Waals surface area contributed by atoms with E-state index in [1.165, 1.54) is 11.8 Å². The van der Waals surface area contributed by atoms with Gasteiger partial charge in [0.15, 0.2) is 5.16 Å². The van der Waals surface area contributed by atoms with Crippen LogP contribution in [0.15, 0.2) is 63.0 Å². The average molecular weight is 407 g/mol. The summed E-state index contributed by atoms with van der Waals surface area (Å²) in [6, 6.07) is 14.9. The quantitative estimate of drug-likeness (QED) is 0.341. The Kier molecular flexibility index (Phi) is 5.40. The molecule has 148 valence electrons. The number of hydrogen-bond donors (Lipinski definition) is 0. The maximum absolute atomic E-state index is 13.3. The minimum Gasteiger partial charge on any atom is -0.494 e. The summed E-state index contributed by atoms with van der Waals surface area (Å²) in [6.07, 6.45) is 0. The van der Waals surface area contributed by atoms with Gasteiger partial charge in [0.05, 0.1) is 28.9 Å². The second-order valence-electron chi connectivity index (χ2n) is 6.57. The summed E-state index contributed by atoms with van der Waals surface area (Å²) in [5, 5.41) is 5.22. The monoisotopic (exact) mass is 407 g/mol. The fourth-order valence-electron chi connectivity index (χ4n) is 3.14. The summed E-state index contributed by atoms with van der Waals surface area (Å²) in [5.41, 5.74) is 3.21. The lowest BCUT2D eigenvalue weighted by atomic mass is 10.2. The maximum Gasteiger partial charge on any atom is 0.266 e. The molecule has 0 spiro atoms. The van der Waals surface area contributed by atoms with Gasteiger partial charge in [-0.2, -0.15) is 0 Å². The molecule has 0 aliphatic carbocycles. The summed E-state index contributed by atoms with van der Waals surface area (Å²) in [6.45, 7) is 6.34. The van der Waals surface area contributed by atoms with Gasteiger partial charge in [0.1, 0.15) is 11.5 Å². The zero-order valence-corrected chi connectivity index (χ0v) is 17.3. The van der Waals surface area contributed by atoms with E-state index in [0.29, 0.717) is 28.4 Å². The molecule has 0 aliphatic rings. The van der Waals surface area contributed by atoms with Crippen molar-refractivity contribution in [3.63, 3.8) is 0 Å². The lowest BCUT2D eigenvalue weighted by molar-refractivity contribution is 0.340. The fraction of sp³-hybridized carbons (Fsp3) is 0.227. The second-order valence-corrected chi connectivity index (χ2v) is 7.51. The number of hydrogen-bond acceptors (Lipinski definition) is 6. The molecule has 0 fully saturated rings. The first kappa shape index (κ1) is 19.3. The summed E-state index contributed by atoms with van der Waals surface area (Å²) >= 11 is 1.49. The first-order valence-corrected chi connectivity index (χ1v) is 10.4. The lowest BCUT2D eigenvalue weighted by Crippen LogP contribution is -2.21. The van der Waals surface area contributed by atoms with Gasteiger partial charge in [-0.25, -0.2) is 4.98 Å². The van der Waals surface area contributed by atoms with Crippen molar-refractivity contribution in [1.29, 1.82) is 0 Å². The van der Waals surface area contributed by atoms with Gasteiger partial charge in [-0.15, -0.1) is 0 Å². The molecular formula is C22H21N3O3S. The Labute approximate surface area is 172 Å². The highest BCUT2D eigenvalue weighted by Crippen LogP contribution is 2.27. The van der Waals surface area contributed by atoms with Crippen LogP contribution in [0.2, 0.25) is 0 Å². The highest BCUT2D eigenvalue weighted by molar-refractivity contribution is 7.98. The van der Waals surface area contributed by atoms with Crippen molar-refractivity contribution in [2.45, 2.75) is 31.7 Å². The van der Waals surface area contributed by atoms with Crippen molar-refractivity contribution in [2.75, 3.05) is 6.61 Å². The van der Waals surface area contributed by atoms with E-state index < -0.39 is 0 Å². The molecule has 2 aromatic carbocycles. The van der Waals surface area contributed by atoms with Crippen LogP contribution in [0.3, 0.4) is 0 Å². The molecule has 6 nitrogen and oxygen atoms in total. The second kappa shape index (κ2) is 8.13. The molecule has 0 saturated carbocycles. The summed E-state index contributed by atoms with van der Waals surface area (Å²) in [4.78, 5) is 18.1. The van der Waals surface area contributed by atoms with Crippen LogP contribution >= 0.6 is 11.8 Å². The molecule has 0 bridgehead atoms. The average Bonchev–Trinajstić information content (AvgIpc) is 3.05. The number of aryl methyl sites for hydroxylation is 2. The van der Waals surface area contributed by atoms with Crippen LogP contribution in [-0.2, 0) is 5.75 Å². The first-order chi connectivity index (χ1) is 14.1. The van der Waals surface area contributed by atoms with Gasteiger partial charge in [-0.05, 0) is 57.2 Å². The van der Waals surface area contributed by atoms with Gasteiger partial charge >= 0.3 is 0 Å². The molecular weight excluding hydrogens is 386 g/mol. The summed E-state index contributed by atoms with van der Waals surface area (Å²) < 4.78 is 12.4. The van der Waals surface area contributed by atoms with Gasteiger partial charge < -0.3 is 9.26 Å². The summed E-state index contributed by atoms with van der Waals surface area (Å²) in [7, 11) is 0. The molecule has 0 amide bonds. The molecule has 2 heterocycles. The van der Waals surface area contributed by atoms with E-state index in [0.717, 1.165) is 28.5 Å². The van der Waals surface area contributed by atoms with E-state index >= 15 is 0 Å². The molecule has 0 radical (unpaired) electrons.